The normalized spacial score (nSPS) is 19.8. The second-order valence-corrected chi connectivity index (χ2v) is 18.3. The van der Waals surface area contributed by atoms with Crippen LogP contribution < -0.4 is 0 Å². The first-order valence-corrected chi connectivity index (χ1v) is 13.8. The third-order valence-corrected chi connectivity index (χ3v) is 15.5. The monoisotopic (exact) mass is 415 g/mol. The van der Waals surface area contributed by atoms with Crippen molar-refractivity contribution in [3.05, 3.63) is 0 Å². The van der Waals surface area contributed by atoms with Gasteiger partial charge in [-0.3, -0.25) is 4.79 Å². The molecule has 0 N–H and O–H groups in total. The fourth-order valence-corrected chi connectivity index (χ4v) is 14.3. The van der Waals surface area contributed by atoms with Crippen LogP contribution in [-0.4, -0.2) is 37.8 Å². The molecule has 0 saturated heterocycles. The Hall–Kier alpha value is -0.176. The predicted octanol–water partition coefficient (Wildman–Crippen LogP) is 6.36. The molecule has 1 rings (SSSR count). The number of rotatable bonds is 7. The molecule has 4 nitrogen and oxygen atoms in total. The van der Waals surface area contributed by atoms with Crippen LogP contribution in [0.25, 0.3) is 0 Å². The molecule has 1 unspecified atom stereocenters. The average Bonchev–Trinajstić information content (AvgIpc) is 2.58. The van der Waals surface area contributed by atoms with Crippen molar-refractivity contribution in [2.24, 2.45) is 0 Å². The first-order chi connectivity index (χ1) is 12.3. The van der Waals surface area contributed by atoms with Crippen LogP contribution in [0.15, 0.2) is 0 Å². The van der Waals surface area contributed by atoms with E-state index in [1.165, 1.54) is 32.1 Å². The van der Waals surface area contributed by atoms with E-state index in [9.17, 15) is 4.79 Å². The van der Waals surface area contributed by atoms with Gasteiger partial charge in [-0.2, -0.15) is 0 Å². The van der Waals surface area contributed by atoms with Crippen LogP contribution >= 0.6 is 0 Å². The number of carbonyl (C=O) groups excluding carboxylic acids is 1. The molecule has 0 aromatic heterocycles. The minimum atomic E-state index is -2.50. The molecule has 1 atom stereocenters. The van der Waals surface area contributed by atoms with Crippen LogP contribution in [0.1, 0.15) is 93.9 Å². The van der Waals surface area contributed by atoms with Crippen molar-refractivity contribution in [2.45, 2.75) is 115 Å². The van der Waals surface area contributed by atoms with E-state index >= 15 is 0 Å². The van der Waals surface area contributed by atoms with Crippen LogP contribution in [0.4, 0.5) is 0 Å². The van der Waals surface area contributed by atoms with Gasteiger partial charge in [-0.1, -0.05) is 67.7 Å². The molecule has 27 heavy (non-hydrogen) atoms. The summed E-state index contributed by atoms with van der Waals surface area (Å²) >= 11 is 0. The maximum absolute atomic E-state index is 13.7. The lowest BCUT2D eigenvalue weighted by atomic mass is 10.00. The molecule has 6 heteroatoms. The van der Waals surface area contributed by atoms with E-state index in [1.807, 2.05) is 13.8 Å². The molecular weight excluding hydrogens is 372 g/mol. The first-order valence-electron chi connectivity index (χ1n) is 10.5. The topological polar surface area (TPSA) is 44.8 Å². The zero-order valence-electron chi connectivity index (χ0n) is 19.5. The van der Waals surface area contributed by atoms with Gasteiger partial charge in [0.25, 0.3) is 14.3 Å². The summed E-state index contributed by atoms with van der Waals surface area (Å²) in [4.78, 5) is 13.7. The van der Waals surface area contributed by atoms with E-state index in [2.05, 4.69) is 41.5 Å². The van der Waals surface area contributed by atoms with E-state index in [0.29, 0.717) is 12.0 Å². The molecule has 159 valence electrons. The molecule has 1 radical (unpaired) electrons. The van der Waals surface area contributed by atoms with Gasteiger partial charge in [-0.15, -0.1) is 0 Å². The van der Waals surface area contributed by atoms with Gasteiger partial charge in [0, 0.05) is 14.2 Å². The Morgan fingerprint density at radius 3 is 1.70 bits per heavy atom. The number of hydrogen-bond donors (Lipinski definition) is 0. The highest BCUT2D eigenvalue weighted by atomic mass is 28.4. The highest BCUT2D eigenvalue weighted by molar-refractivity contribution is 6.82. The Kier molecular flexibility index (Phi) is 8.38. The maximum Gasteiger partial charge on any atom is 0.402 e. The number of hydrogen-bond acceptors (Lipinski definition) is 4. The zero-order chi connectivity index (χ0) is 21.1. The third-order valence-electron chi connectivity index (χ3n) is 6.64. The number of carbonyl (C=O) groups is 1. The van der Waals surface area contributed by atoms with Gasteiger partial charge in [0.15, 0.2) is 0 Å². The van der Waals surface area contributed by atoms with Crippen LogP contribution in [0.3, 0.4) is 0 Å². The Balaban J connectivity index is 3.45. The lowest BCUT2D eigenvalue weighted by Crippen LogP contribution is -2.61. The predicted molar refractivity (Wildman–Crippen MR) is 117 cm³/mol. The second-order valence-electron chi connectivity index (χ2n) is 10.3. The van der Waals surface area contributed by atoms with Crippen molar-refractivity contribution >= 4 is 23.6 Å². The van der Waals surface area contributed by atoms with Gasteiger partial charge in [0.2, 0.25) is 0 Å². The summed E-state index contributed by atoms with van der Waals surface area (Å²) in [7, 11) is -0.982. The molecule has 1 fully saturated rings. The Labute approximate surface area is 170 Å². The summed E-state index contributed by atoms with van der Waals surface area (Å²) in [6, 6.07) is 0. The van der Waals surface area contributed by atoms with E-state index < -0.39 is 22.6 Å². The molecule has 1 aliphatic carbocycles. The van der Waals surface area contributed by atoms with Gasteiger partial charge < -0.3 is 13.3 Å². The highest BCUT2D eigenvalue weighted by Crippen LogP contribution is 2.61. The molecular formula is C21H43O4Si2. The molecule has 0 spiro atoms. The molecule has 0 amide bonds. The zero-order valence-corrected chi connectivity index (χ0v) is 21.5. The molecule has 0 aliphatic heterocycles. The molecule has 0 bridgehead atoms. The van der Waals surface area contributed by atoms with Crippen LogP contribution in [0.2, 0.25) is 20.7 Å². The van der Waals surface area contributed by atoms with Crippen LogP contribution in [-0.2, 0) is 18.1 Å². The van der Waals surface area contributed by atoms with E-state index in [1.54, 1.807) is 14.2 Å². The smallest absolute Gasteiger partial charge is 0.402 e. The molecule has 1 aliphatic rings. The van der Waals surface area contributed by atoms with Crippen LogP contribution in [0.5, 0.6) is 0 Å². The first kappa shape index (κ1) is 24.9. The standard InChI is InChI=1S/C21H43O4Si2/c1-11-21(8,26(23-9)24-10)18(22)25-27(19(2,3)4,20(5,6)7)17-15-13-12-14-16-17/h17H,11-16H2,1-10H3. The van der Waals surface area contributed by atoms with E-state index in [0.717, 1.165) is 0 Å². The van der Waals surface area contributed by atoms with Crippen molar-refractivity contribution in [2.75, 3.05) is 14.2 Å². The second kappa shape index (κ2) is 9.10. The summed E-state index contributed by atoms with van der Waals surface area (Å²) in [6.45, 7) is 17.7. The SMILES string of the molecule is CCC(C)(C(=O)O[Si](C1CCCCC1)(C(C)(C)C)C(C)(C)C)[Si](OC)OC. The van der Waals surface area contributed by atoms with Gasteiger partial charge in [0.05, 0.1) is 0 Å². The summed E-state index contributed by atoms with van der Waals surface area (Å²) < 4.78 is 18.0. The Morgan fingerprint density at radius 2 is 1.37 bits per heavy atom. The fourth-order valence-electron chi connectivity index (χ4n) is 5.41. The minimum Gasteiger partial charge on any atom is -0.517 e. The van der Waals surface area contributed by atoms with E-state index in [4.69, 9.17) is 13.3 Å². The molecule has 0 heterocycles. The Morgan fingerprint density at radius 1 is 0.926 bits per heavy atom. The van der Waals surface area contributed by atoms with Crippen molar-refractivity contribution < 1.29 is 18.1 Å². The molecule has 0 aromatic rings. The minimum absolute atomic E-state index is 0.0371. The maximum atomic E-state index is 13.7. The van der Waals surface area contributed by atoms with Gasteiger partial charge in [0.1, 0.15) is 5.04 Å². The Bertz CT molecular complexity index is 471. The largest absolute Gasteiger partial charge is 0.517 e. The van der Waals surface area contributed by atoms with Crippen molar-refractivity contribution in [3.63, 3.8) is 0 Å². The summed E-state index contributed by atoms with van der Waals surface area (Å²) in [5.74, 6) is -0.107. The summed E-state index contributed by atoms with van der Waals surface area (Å²) in [5, 5.41) is -0.785. The molecule has 1 saturated carbocycles. The summed E-state index contributed by atoms with van der Waals surface area (Å²) in [5.41, 5.74) is 0.511. The summed E-state index contributed by atoms with van der Waals surface area (Å²) in [6.07, 6.45) is 6.83. The molecule has 0 aromatic carbocycles. The fraction of sp³-hybridized carbons (Fsp3) is 0.952. The quantitative estimate of drug-likeness (QED) is 0.454. The van der Waals surface area contributed by atoms with Crippen molar-refractivity contribution in [1.82, 2.24) is 0 Å². The van der Waals surface area contributed by atoms with E-state index in [-0.39, 0.29) is 16.0 Å². The third kappa shape index (κ3) is 4.70. The lowest BCUT2D eigenvalue weighted by Gasteiger charge is -2.55. The van der Waals surface area contributed by atoms with Gasteiger partial charge in [-0.05, 0) is 41.8 Å². The average molecular weight is 416 g/mol. The highest BCUT2D eigenvalue weighted by Gasteiger charge is 2.63. The lowest BCUT2D eigenvalue weighted by molar-refractivity contribution is -0.140. The van der Waals surface area contributed by atoms with Gasteiger partial charge >= 0.3 is 9.28 Å². The van der Waals surface area contributed by atoms with Crippen LogP contribution in [0, 0.1) is 0 Å². The van der Waals surface area contributed by atoms with Gasteiger partial charge in [-0.25, -0.2) is 0 Å². The van der Waals surface area contributed by atoms with Crippen molar-refractivity contribution in [3.8, 4) is 0 Å². The van der Waals surface area contributed by atoms with Crippen molar-refractivity contribution in [1.29, 1.82) is 0 Å².